The Bertz CT molecular complexity index is 1030. The van der Waals surface area contributed by atoms with Crippen LogP contribution in [-0.2, 0) is 27.2 Å². The summed E-state index contributed by atoms with van der Waals surface area (Å²) in [5.41, 5.74) is 8.40. The molecule has 0 unspecified atom stereocenters. The third kappa shape index (κ3) is 4.55. The molecule has 28 heavy (non-hydrogen) atoms. The van der Waals surface area contributed by atoms with Gasteiger partial charge in [-0.25, -0.2) is 0 Å². The zero-order chi connectivity index (χ0) is 18.1. The van der Waals surface area contributed by atoms with Crippen LogP contribution in [0.3, 0.4) is 0 Å². The average molecular weight is 443 g/mol. The summed E-state index contributed by atoms with van der Waals surface area (Å²) in [6, 6.07) is 24.0. The van der Waals surface area contributed by atoms with Crippen molar-refractivity contribution >= 4 is 22.0 Å². The fraction of sp³-hybridized carbons (Fsp3) is 0.167. The Hall–Kier alpha value is -1.51. The Morgan fingerprint density at radius 2 is 1.54 bits per heavy atom. The molecule has 141 valence electrons. The zero-order valence-corrected chi connectivity index (χ0v) is 19.1. The smallest absolute Gasteiger partial charge is 1.00 e. The minimum atomic E-state index is 0. The Kier molecular flexibility index (Phi) is 7.98. The molecule has 0 fully saturated rings. The van der Waals surface area contributed by atoms with Gasteiger partial charge < -0.3 is 24.8 Å². The first-order chi connectivity index (χ1) is 12.6. The van der Waals surface area contributed by atoms with Gasteiger partial charge in [-0.3, -0.25) is 0 Å². The van der Waals surface area contributed by atoms with Crippen LogP contribution in [0.5, 0.6) is 0 Å². The standard InChI is InChI=1S/C24H22N.2ClH.Ti/c1-17-14-18(2)23(15-17)22-13-12-19-8-6-7-11-21(19)24(22)16-25-20-9-4-3-5-10-20;;;/h3-14H,15-16H2,1-2H3;2*1H;/q-1;;;+3/p-2. The van der Waals surface area contributed by atoms with Crippen LogP contribution < -0.4 is 28.2 Å². The number of halogens is 2. The number of rotatable bonds is 4. The molecule has 0 saturated carbocycles. The molecule has 0 N–H and O–H groups in total. The van der Waals surface area contributed by atoms with E-state index in [0.717, 1.165) is 13.0 Å². The van der Waals surface area contributed by atoms with Gasteiger partial charge in [0.05, 0.1) is 0 Å². The number of hydrogen-bond acceptors (Lipinski definition) is 1. The molecular weight excluding hydrogens is 421 g/mol. The molecule has 0 radical (unpaired) electrons. The molecule has 4 heteroatoms. The molecule has 0 bridgehead atoms. The van der Waals surface area contributed by atoms with Gasteiger partial charge in [0.15, 0.2) is 0 Å². The fourth-order valence-corrected chi connectivity index (χ4v) is 4.36. The van der Waals surface area contributed by atoms with Gasteiger partial charge in [0.1, 0.15) is 0 Å². The van der Waals surface area contributed by atoms with Crippen molar-refractivity contribution in [2.75, 3.05) is 3.38 Å². The first-order valence-corrected chi connectivity index (χ1v) is 9.75. The molecule has 1 nitrogen and oxygen atoms in total. The maximum Gasteiger partial charge on any atom is -1.00 e. The molecule has 0 amide bonds. The van der Waals surface area contributed by atoms with Crippen LogP contribution in [-0.4, -0.2) is 0 Å². The largest absolute Gasteiger partial charge is 1.00 e. The summed E-state index contributed by atoms with van der Waals surface area (Å²) in [6.07, 6.45) is 3.39. The topological polar surface area (TPSA) is 3.24 Å². The van der Waals surface area contributed by atoms with Gasteiger partial charge in [-0.1, -0.05) is 0 Å². The van der Waals surface area contributed by atoms with Gasteiger partial charge in [-0.2, -0.15) is 0 Å². The number of nitrogens with zero attached hydrogens (tertiary/aromatic N) is 1. The minimum Gasteiger partial charge on any atom is -1.00 e. The minimum absolute atomic E-state index is 0. The van der Waals surface area contributed by atoms with E-state index in [1.54, 1.807) is 0 Å². The third-order valence-corrected chi connectivity index (χ3v) is 5.79. The van der Waals surface area contributed by atoms with Crippen molar-refractivity contribution in [2.45, 2.75) is 26.8 Å². The van der Waals surface area contributed by atoms with E-state index < -0.39 is 0 Å². The van der Waals surface area contributed by atoms with E-state index in [1.165, 1.54) is 44.3 Å². The van der Waals surface area contributed by atoms with E-state index in [-0.39, 0.29) is 24.8 Å². The molecule has 0 aromatic heterocycles. The normalized spacial score (nSPS) is 13.1. The van der Waals surface area contributed by atoms with E-state index in [1.807, 2.05) is 0 Å². The zero-order valence-electron chi connectivity index (χ0n) is 16.0. The molecule has 1 aliphatic carbocycles. The summed E-state index contributed by atoms with van der Waals surface area (Å²) in [5.74, 6) is 0. The van der Waals surface area contributed by atoms with E-state index in [2.05, 4.69) is 111 Å². The maximum atomic E-state index is 2.34. The second-order valence-electron chi connectivity index (χ2n) is 7.06. The molecule has 0 aliphatic heterocycles. The van der Waals surface area contributed by atoms with E-state index in [0.29, 0.717) is 0 Å². The quantitative estimate of drug-likeness (QED) is 0.530. The van der Waals surface area contributed by atoms with Crippen molar-refractivity contribution in [2.24, 2.45) is 0 Å². The van der Waals surface area contributed by atoms with E-state index in [4.69, 9.17) is 0 Å². The number of hydrogen-bond donors (Lipinski definition) is 0. The average Bonchev–Trinajstić information content (AvgIpc) is 3.00. The molecule has 1 aliphatic rings. The van der Waals surface area contributed by atoms with Crippen molar-refractivity contribution in [1.82, 2.24) is 0 Å². The summed E-state index contributed by atoms with van der Waals surface area (Å²) in [5, 5.41) is 2.67. The summed E-state index contributed by atoms with van der Waals surface area (Å²) >= 11 is 2.18. The van der Waals surface area contributed by atoms with E-state index in [9.17, 15) is 0 Å². The Morgan fingerprint density at radius 3 is 2.21 bits per heavy atom. The van der Waals surface area contributed by atoms with Gasteiger partial charge >= 0.3 is 168 Å². The fourth-order valence-electron chi connectivity index (χ4n) is 3.88. The molecule has 0 saturated heterocycles. The van der Waals surface area contributed by atoms with Gasteiger partial charge in [0.2, 0.25) is 0 Å². The van der Waals surface area contributed by atoms with E-state index >= 15 is 0 Å². The van der Waals surface area contributed by atoms with Crippen molar-refractivity contribution in [3.63, 3.8) is 0 Å². The van der Waals surface area contributed by atoms with Crippen molar-refractivity contribution < 1.29 is 45.5 Å². The number of anilines is 1. The van der Waals surface area contributed by atoms with Crippen LogP contribution in [0, 0.1) is 0 Å². The van der Waals surface area contributed by atoms with Crippen LogP contribution in [0.25, 0.3) is 16.3 Å². The molecule has 4 rings (SSSR count). The SMILES string of the molecule is CC1=CC(C)=C(c2ccc3ccccc3c2C[N]([Ti+2])c2ccccc2)C1.[Cl-].[Cl-]. The van der Waals surface area contributed by atoms with Gasteiger partial charge in [0.25, 0.3) is 0 Å². The summed E-state index contributed by atoms with van der Waals surface area (Å²) < 4.78 is 2.34. The molecule has 0 spiro atoms. The molecule has 0 heterocycles. The molecule has 0 atom stereocenters. The van der Waals surface area contributed by atoms with Crippen LogP contribution in [0.2, 0.25) is 0 Å². The monoisotopic (exact) mass is 442 g/mol. The molecule has 3 aromatic rings. The summed E-state index contributed by atoms with van der Waals surface area (Å²) in [7, 11) is 0. The van der Waals surface area contributed by atoms with Crippen LogP contribution >= 0.6 is 0 Å². The summed E-state index contributed by atoms with van der Waals surface area (Å²) in [6.45, 7) is 5.37. The Morgan fingerprint density at radius 1 is 0.857 bits per heavy atom. The van der Waals surface area contributed by atoms with Gasteiger partial charge in [0, 0.05) is 0 Å². The molecular formula is C24H22Cl2NTi. The predicted molar refractivity (Wildman–Crippen MR) is 108 cm³/mol. The van der Waals surface area contributed by atoms with Crippen LogP contribution in [0.1, 0.15) is 31.4 Å². The number of allylic oxidation sites excluding steroid dienone is 4. The van der Waals surface area contributed by atoms with Crippen LogP contribution in [0.15, 0.2) is 84.0 Å². The number of benzene rings is 3. The van der Waals surface area contributed by atoms with Gasteiger partial charge in [-0.05, 0) is 0 Å². The first-order valence-electron chi connectivity index (χ1n) is 9.05. The first kappa shape index (κ1) is 22.8. The maximum absolute atomic E-state index is 2.34. The second-order valence-corrected chi connectivity index (χ2v) is 7.91. The van der Waals surface area contributed by atoms with Gasteiger partial charge in [-0.15, -0.1) is 0 Å². The number of fused-ring (bicyclic) bond motifs is 1. The van der Waals surface area contributed by atoms with Crippen LogP contribution in [0.4, 0.5) is 5.69 Å². The van der Waals surface area contributed by atoms with Crippen molar-refractivity contribution in [3.05, 3.63) is 95.1 Å². The summed E-state index contributed by atoms with van der Waals surface area (Å²) in [4.78, 5) is 0. The third-order valence-electron chi connectivity index (χ3n) is 5.14. The number of para-hydroxylation sites is 1. The Balaban J connectivity index is 0.00000140. The molecule has 3 aromatic carbocycles. The Labute approximate surface area is 192 Å². The predicted octanol–water partition coefficient (Wildman–Crippen LogP) is 0.440. The second kappa shape index (κ2) is 9.81. The van der Waals surface area contributed by atoms with Crippen molar-refractivity contribution in [1.29, 1.82) is 0 Å². The van der Waals surface area contributed by atoms with Crippen molar-refractivity contribution in [3.8, 4) is 0 Å².